The van der Waals surface area contributed by atoms with Crippen molar-refractivity contribution in [2.24, 2.45) is 5.73 Å². The van der Waals surface area contributed by atoms with Crippen LogP contribution in [0.15, 0.2) is 0 Å². The molecule has 1 heterocycles. The van der Waals surface area contributed by atoms with Crippen LogP contribution in [0.4, 0.5) is 0 Å². The number of hydrogen-bond donors (Lipinski definition) is 2. The largest absolute Gasteiger partial charge is 0.326 e. The Balaban J connectivity index is 0.00000121. The topological polar surface area (TPSA) is 60.5 Å². The molecule has 4 heteroatoms. The lowest BCUT2D eigenvalue weighted by Gasteiger charge is -2.19. The minimum Gasteiger partial charge on any atom is -0.326 e. The van der Waals surface area contributed by atoms with E-state index in [1.54, 1.807) is 0 Å². The van der Waals surface area contributed by atoms with Crippen molar-refractivity contribution in [3.63, 3.8) is 0 Å². The highest BCUT2D eigenvalue weighted by molar-refractivity contribution is 5.85. The summed E-state index contributed by atoms with van der Waals surface area (Å²) in [4.78, 5) is 5.14. The fraction of sp³-hybridized carbons (Fsp3) is 1.00. The van der Waals surface area contributed by atoms with Gasteiger partial charge in [-0.15, -0.1) is 12.4 Å². The molecule has 0 aromatic rings. The van der Waals surface area contributed by atoms with Crippen LogP contribution in [0, 0.1) is 0 Å². The molecule has 0 bridgehead atoms. The van der Waals surface area contributed by atoms with Gasteiger partial charge in [0.15, 0.2) is 5.72 Å². The number of hydroxylamine groups is 1. The Labute approximate surface area is 80.4 Å². The Morgan fingerprint density at radius 2 is 2.00 bits per heavy atom. The van der Waals surface area contributed by atoms with Gasteiger partial charge in [-0.25, -0.2) is 0 Å². The van der Waals surface area contributed by atoms with Crippen molar-refractivity contribution < 1.29 is 4.84 Å². The minimum atomic E-state index is -0.0736. The number of halogens is 1. The third-order valence-electron chi connectivity index (χ3n) is 2.14. The van der Waals surface area contributed by atoms with Gasteiger partial charge in [0.1, 0.15) is 0 Å². The number of hydrogen-bond acceptors (Lipinski definition) is 3. The van der Waals surface area contributed by atoms with Crippen LogP contribution in [0.25, 0.3) is 0 Å². The van der Waals surface area contributed by atoms with Gasteiger partial charge in [0.25, 0.3) is 0 Å². The van der Waals surface area contributed by atoms with Crippen molar-refractivity contribution in [2.45, 2.75) is 51.3 Å². The lowest BCUT2D eigenvalue weighted by atomic mass is 9.95. The Kier molecular flexibility index (Phi) is 3.97. The average molecular weight is 195 g/mol. The van der Waals surface area contributed by atoms with E-state index in [-0.39, 0.29) is 23.7 Å². The van der Waals surface area contributed by atoms with E-state index in [9.17, 15) is 0 Å². The highest BCUT2D eigenvalue weighted by Gasteiger charge is 2.43. The fourth-order valence-corrected chi connectivity index (χ4v) is 1.02. The van der Waals surface area contributed by atoms with Crippen LogP contribution >= 0.6 is 12.4 Å². The third-order valence-corrected chi connectivity index (χ3v) is 2.14. The molecule has 0 spiro atoms. The summed E-state index contributed by atoms with van der Waals surface area (Å²) in [6, 6.07) is 0. The quantitative estimate of drug-likeness (QED) is 0.668. The average Bonchev–Trinajstić information content (AvgIpc) is 2.63. The Morgan fingerprint density at radius 1 is 1.50 bits per heavy atom. The number of nitrogens with two attached hydrogens (primary N) is 1. The first-order valence-corrected chi connectivity index (χ1v) is 4.21. The Bertz CT molecular complexity index is 140. The van der Waals surface area contributed by atoms with E-state index in [1.807, 2.05) is 13.8 Å². The molecule has 3 nitrogen and oxygen atoms in total. The molecule has 1 rings (SSSR count). The van der Waals surface area contributed by atoms with Crippen LogP contribution < -0.4 is 11.2 Å². The second kappa shape index (κ2) is 3.92. The summed E-state index contributed by atoms with van der Waals surface area (Å²) in [5, 5.41) is 0. The van der Waals surface area contributed by atoms with Gasteiger partial charge < -0.3 is 5.73 Å². The SMILES string of the molecule is CCC1(CCC(C)(C)N)NO1.Cl. The maximum absolute atomic E-state index is 5.84. The summed E-state index contributed by atoms with van der Waals surface area (Å²) in [6.45, 7) is 6.20. The third kappa shape index (κ3) is 3.72. The summed E-state index contributed by atoms with van der Waals surface area (Å²) in [5.41, 5.74) is 8.65. The predicted molar refractivity (Wildman–Crippen MR) is 52.0 cm³/mol. The highest BCUT2D eigenvalue weighted by Crippen LogP contribution is 2.30. The van der Waals surface area contributed by atoms with E-state index in [2.05, 4.69) is 12.4 Å². The molecular formula is C8H19ClN2O. The summed E-state index contributed by atoms with van der Waals surface area (Å²) in [6.07, 6.45) is 3.02. The first kappa shape index (κ1) is 12.2. The van der Waals surface area contributed by atoms with Gasteiger partial charge in [0.2, 0.25) is 0 Å². The van der Waals surface area contributed by atoms with Crippen LogP contribution in [0.5, 0.6) is 0 Å². The molecule has 1 aliphatic rings. The molecule has 12 heavy (non-hydrogen) atoms. The number of rotatable bonds is 4. The van der Waals surface area contributed by atoms with Gasteiger partial charge in [-0.05, 0) is 33.1 Å². The van der Waals surface area contributed by atoms with E-state index < -0.39 is 0 Å². The molecule has 0 amide bonds. The van der Waals surface area contributed by atoms with E-state index in [4.69, 9.17) is 10.6 Å². The Morgan fingerprint density at radius 3 is 2.25 bits per heavy atom. The second-order valence-electron chi connectivity index (χ2n) is 4.04. The molecule has 0 radical (unpaired) electrons. The lowest BCUT2D eigenvalue weighted by Crippen LogP contribution is -2.33. The second-order valence-corrected chi connectivity index (χ2v) is 4.04. The lowest BCUT2D eigenvalue weighted by molar-refractivity contribution is 0.253. The van der Waals surface area contributed by atoms with Gasteiger partial charge in [-0.2, -0.15) is 5.48 Å². The first-order chi connectivity index (χ1) is 4.97. The van der Waals surface area contributed by atoms with Gasteiger partial charge in [0, 0.05) is 5.54 Å². The highest BCUT2D eigenvalue weighted by atomic mass is 35.5. The molecule has 0 aliphatic carbocycles. The molecule has 0 aromatic carbocycles. The van der Waals surface area contributed by atoms with Crippen molar-refractivity contribution >= 4 is 12.4 Å². The van der Waals surface area contributed by atoms with Crippen molar-refractivity contribution in [1.29, 1.82) is 0 Å². The predicted octanol–water partition coefficient (Wildman–Crippen LogP) is 1.57. The molecule has 1 atom stereocenters. The Hall–Kier alpha value is 0.170. The molecular weight excluding hydrogens is 176 g/mol. The van der Waals surface area contributed by atoms with Gasteiger partial charge in [-0.1, -0.05) is 6.92 Å². The van der Waals surface area contributed by atoms with Gasteiger partial charge >= 0.3 is 0 Å². The monoisotopic (exact) mass is 194 g/mol. The van der Waals surface area contributed by atoms with Crippen molar-refractivity contribution in [2.75, 3.05) is 0 Å². The number of nitrogens with one attached hydrogen (secondary N) is 1. The van der Waals surface area contributed by atoms with Gasteiger partial charge in [-0.3, -0.25) is 4.84 Å². The van der Waals surface area contributed by atoms with Crippen LogP contribution in [0.3, 0.4) is 0 Å². The van der Waals surface area contributed by atoms with Gasteiger partial charge in [0.05, 0.1) is 0 Å². The molecule has 1 aliphatic heterocycles. The summed E-state index contributed by atoms with van der Waals surface area (Å²) in [5.74, 6) is 0. The molecule has 0 aromatic heterocycles. The van der Waals surface area contributed by atoms with Crippen molar-refractivity contribution in [3.05, 3.63) is 0 Å². The summed E-state index contributed by atoms with van der Waals surface area (Å²) >= 11 is 0. The van der Waals surface area contributed by atoms with Crippen molar-refractivity contribution in [1.82, 2.24) is 5.48 Å². The molecule has 0 saturated carbocycles. The maximum atomic E-state index is 5.84. The summed E-state index contributed by atoms with van der Waals surface area (Å²) in [7, 11) is 0. The van der Waals surface area contributed by atoms with E-state index in [1.165, 1.54) is 0 Å². The molecule has 1 fully saturated rings. The van der Waals surface area contributed by atoms with Crippen LogP contribution in [0.1, 0.15) is 40.0 Å². The zero-order valence-electron chi connectivity index (χ0n) is 8.02. The van der Waals surface area contributed by atoms with E-state index >= 15 is 0 Å². The minimum absolute atomic E-state index is 0. The van der Waals surface area contributed by atoms with E-state index in [0.29, 0.717) is 0 Å². The zero-order chi connectivity index (χ0) is 8.54. The van der Waals surface area contributed by atoms with E-state index in [0.717, 1.165) is 19.3 Å². The fourth-order valence-electron chi connectivity index (χ4n) is 1.02. The molecule has 1 unspecified atom stereocenters. The normalized spacial score (nSPS) is 28.0. The summed E-state index contributed by atoms with van der Waals surface area (Å²) < 4.78 is 0. The van der Waals surface area contributed by atoms with Crippen LogP contribution in [0.2, 0.25) is 0 Å². The maximum Gasteiger partial charge on any atom is 0.161 e. The van der Waals surface area contributed by atoms with Crippen LogP contribution in [-0.4, -0.2) is 11.3 Å². The smallest absolute Gasteiger partial charge is 0.161 e. The zero-order valence-corrected chi connectivity index (χ0v) is 8.83. The molecule has 74 valence electrons. The van der Waals surface area contributed by atoms with Crippen LogP contribution in [-0.2, 0) is 4.84 Å². The molecule has 3 N–H and O–H groups in total. The standard InChI is InChI=1S/C8H18N2O.ClH/c1-4-8(10-11-8)6-5-7(2,3)9;/h10H,4-6,9H2,1-3H3;1H. The van der Waals surface area contributed by atoms with Crippen molar-refractivity contribution in [3.8, 4) is 0 Å². The molecule has 1 saturated heterocycles. The first-order valence-electron chi connectivity index (χ1n) is 4.21.